The van der Waals surface area contributed by atoms with Crippen LogP contribution in [0.4, 0.5) is 0 Å². The number of unbranched alkanes of at least 4 members (excludes halogenated alkanes) is 3. The van der Waals surface area contributed by atoms with Gasteiger partial charge in [0.2, 0.25) is 11.5 Å². The number of hydrogen-bond acceptors (Lipinski definition) is 8. The molecule has 0 spiro atoms. The smallest absolute Gasteiger partial charge is 0.204 e. The van der Waals surface area contributed by atoms with Crippen LogP contribution in [0.15, 0.2) is 48.5 Å². The van der Waals surface area contributed by atoms with Crippen LogP contribution < -0.4 is 39.1 Å². The molecule has 0 amide bonds. The van der Waals surface area contributed by atoms with E-state index in [-0.39, 0.29) is 12.4 Å². The topological polar surface area (TPSA) is 79.4 Å². The van der Waals surface area contributed by atoms with Gasteiger partial charge in [-0.2, -0.15) is 0 Å². The third-order valence-electron chi connectivity index (χ3n) is 7.65. The van der Waals surface area contributed by atoms with Gasteiger partial charge >= 0.3 is 0 Å². The van der Waals surface area contributed by atoms with Crippen molar-refractivity contribution >= 4 is 34.0 Å². The fourth-order valence-corrected chi connectivity index (χ4v) is 5.70. The van der Waals surface area contributed by atoms with Crippen LogP contribution in [-0.2, 0) is 13.1 Å². The minimum atomic E-state index is 0. The summed E-state index contributed by atoms with van der Waals surface area (Å²) >= 11 is 0. The Morgan fingerprint density at radius 2 is 0.744 bits per heavy atom. The van der Waals surface area contributed by atoms with Crippen molar-refractivity contribution in [1.82, 2.24) is 10.6 Å². The largest absolute Gasteiger partial charge is 0.492 e. The van der Waals surface area contributed by atoms with Crippen molar-refractivity contribution in [3.05, 3.63) is 59.7 Å². The third-order valence-corrected chi connectivity index (χ3v) is 7.65. The van der Waals surface area contributed by atoms with Crippen LogP contribution in [-0.4, -0.2) is 55.7 Å². The van der Waals surface area contributed by atoms with Crippen molar-refractivity contribution < 1.29 is 28.4 Å². The molecule has 0 aromatic heterocycles. The van der Waals surface area contributed by atoms with Crippen molar-refractivity contribution in [2.24, 2.45) is 0 Å². The first-order valence-electron chi connectivity index (χ1n) is 14.5. The van der Waals surface area contributed by atoms with Gasteiger partial charge in [-0.25, -0.2) is 0 Å². The molecule has 9 heteroatoms. The normalized spacial score (nSPS) is 10.8. The molecule has 0 aliphatic heterocycles. The summed E-state index contributed by atoms with van der Waals surface area (Å²) in [6.07, 6.45) is 4.51. The number of halogens is 1. The number of fused-ring (bicyclic) bond motifs is 2. The monoisotopic (exact) mass is 612 g/mol. The summed E-state index contributed by atoms with van der Waals surface area (Å²) in [6.45, 7) is 3.22. The maximum absolute atomic E-state index is 5.77. The predicted octanol–water partition coefficient (Wildman–Crippen LogP) is 6.91. The van der Waals surface area contributed by atoms with Crippen LogP contribution in [0.2, 0.25) is 0 Å². The Bertz CT molecular complexity index is 1370. The summed E-state index contributed by atoms with van der Waals surface area (Å²) in [5.41, 5.74) is 2.15. The summed E-state index contributed by atoms with van der Waals surface area (Å²) in [6, 6.07) is 16.4. The zero-order chi connectivity index (χ0) is 29.9. The van der Waals surface area contributed by atoms with E-state index in [1.165, 1.54) is 0 Å². The molecule has 0 heterocycles. The average Bonchev–Trinajstić information content (AvgIpc) is 3.04. The van der Waals surface area contributed by atoms with E-state index < -0.39 is 0 Å². The van der Waals surface area contributed by atoms with Gasteiger partial charge in [-0.1, -0.05) is 61.4 Å². The van der Waals surface area contributed by atoms with E-state index in [0.717, 1.165) is 71.4 Å². The highest BCUT2D eigenvalue weighted by molar-refractivity contribution is 5.97. The molecule has 0 radical (unpaired) electrons. The second kappa shape index (κ2) is 16.9. The van der Waals surface area contributed by atoms with Gasteiger partial charge in [0, 0.05) is 35.0 Å². The summed E-state index contributed by atoms with van der Waals surface area (Å²) < 4.78 is 34.3. The van der Waals surface area contributed by atoms with E-state index in [9.17, 15) is 0 Å². The highest BCUT2D eigenvalue weighted by Crippen LogP contribution is 2.47. The number of ether oxygens (including phenoxy) is 6. The van der Waals surface area contributed by atoms with Gasteiger partial charge in [-0.3, -0.25) is 0 Å². The van der Waals surface area contributed by atoms with Gasteiger partial charge in [0.05, 0.1) is 42.7 Å². The van der Waals surface area contributed by atoms with Crippen molar-refractivity contribution in [2.75, 3.05) is 55.7 Å². The molecule has 0 saturated heterocycles. The standard InChI is InChI=1S/C34H44N2O6.ClH/c1-37-29-25-17-11-9-15-23(25)27(31(39-3)33(29)41-5)21-35-19-13-7-8-14-20-36-22-28-24-16-10-12-18-26(24)30(38-2)34(42-6)32(28)40-4;/h9-12,15-18,35-36H,7-8,13-14,19-22H2,1-6H3;1H. The first kappa shape index (κ1) is 33.9. The third kappa shape index (κ3) is 7.32. The number of rotatable bonds is 17. The van der Waals surface area contributed by atoms with Crippen LogP contribution in [0.1, 0.15) is 36.8 Å². The minimum absolute atomic E-state index is 0. The maximum Gasteiger partial charge on any atom is 0.204 e. The zero-order valence-electron chi connectivity index (χ0n) is 26.1. The van der Waals surface area contributed by atoms with Crippen LogP contribution in [0.25, 0.3) is 21.5 Å². The molecule has 0 unspecified atom stereocenters. The molecule has 4 aromatic carbocycles. The molecule has 2 N–H and O–H groups in total. The molecule has 8 nitrogen and oxygen atoms in total. The molecule has 0 fully saturated rings. The molecule has 43 heavy (non-hydrogen) atoms. The van der Waals surface area contributed by atoms with E-state index >= 15 is 0 Å². The maximum atomic E-state index is 5.77. The Balaban J connectivity index is 0.00000506. The van der Waals surface area contributed by atoms with E-state index in [1.54, 1.807) is 42.7 Å². The zero-order valence-corrected chi connectivity index (χ0v) is 26.9. The summed E-state index contributed by atoms with van der Waals surface area (Å²) in [5, 5.41) is 11.4. The van der Waals surface area contributed by atoms with Crippen LogP contribution in [0.5, 0.6) is 34.5 Å². The van der Waals surface area contributed by atoms with Crippen LogP contribution in [0, 0.1) is 0 Å². The lowest BCUT2D eigenvalue weighted by Crippen LogP contribution is -2.17. The van der Waals surface area contributed by atoms with Gasteiger partial charge in [0.25, 0.3) is 0 Å². The Morgan fingerprint density at radius 1 is 0.419 bits per heavy atom. The lowest BCUT2D eigenvalue weighted by Gasteiger charge is -2.20. The number of nitrogens with one attached hydrogen (secondary N) is 2. The number of hydrogen-bond donors (Lipinski definition) is 2. The first-order chi connectivity index (χ1) is 20.6. The molecule has 0 saturated carbocycles. The number of benzene rings is 4. The van der Waals surface area contributed by atoms with Crippen molar-refractivity contribution in [3.8, 4) is 34.5 Å². The second-order valence-electron chi connectivity index (χ2n) is 10.0. The lowest BCUT2D eigenvalue weighted by atomic mass is 10.0. The Hall–Kier alpha value is -3.59. The van der Waals surface area contributed by atoms with Crippen LogP contribution >= 0.6 is 12.4 Å². The fraction of sp³-hybridized carbons (Fsp3) is 0.412. The summed E-state index contributed by atoms with van der Waals surface area (Å²) in [7, 11) is 9.96. The van der Waals surface area contributed by atoms with Crippen molar-refractivity contribution in [3.63, 3.8) is 0 Å². The van der Waals surface area contributed by atoms with Gasteiger partial charge in [0.15, 0.2) is 23.0 Å². The fourth-order valence-electron chi connectivity index (χ4n) is 5.70. The van der Waals surface area contributed by atoms with Gasteiger partial charge in [-0.05, 0) is 36.7 Å². The highest BCUT2D eigenvalue weighted by atomic mass is 35.5. The molecule has 0 aliphatic carbocycles. The molecule has 0 aliphatic rings. The van der Waals surface area contributed by atoms with E-state index in [1.807, 2.05) is 24.3 Å². The molecule has 0 atom stereocenters. The molecule has 234 valence electrons. The molecular formula is C34H45ClN2O6. The van der Waals surface area contributed by atoms with Crippen molar-refractivity contribution in [1.29, 1.82) is 0 Å². The molecule has 4 aromatic rings. The summed E-state index contributed by atoms with van der Waals surface area (Å²) in [4.78, 5) is 0. The summed E-state index contributed by atoms with van der Waals surface area (Å²) in [5.74, 6) is 4.07. The Labute approximate surface area is 261 Å². The average molecular weight is 613 g/mol. The minimum Gasteiger partial charge on any atom is -0.492 e. The van der Waals surface area contributed by atoms with E-state index in [4.69, 9.17) is 28.4 Å². The van der Waals surface area contributed by atoms with Gasteiger partial charge in [0.1, 0.15) is 0 Å². The van der Waals surface area contributed by atoms with Gasteiger partial charge < -0.3 is 39.1 Å². The molecule has 4 rings (SSSR count). The molecule has 0 bridgehead atoms. The predicted molar refractivity (Wildman–Crippen MR) is 176 cm³/mol. The molecular weight excluding hydrogens is 568 g/mol. The quantitative estimate of drug-likeness (QED) is 0.125. The van der Waals surface area contributed by atoms with Crippen LogP contribution in [0.3, 0.4) is 0 Å². The number of methoxy groups -OCH3 is 6. The first-order valence-corrected chi connectivity index (χ1v) is 14.5. The Kier molecular flexibility index (Phi) is 13.3. The lowest BCUT2D eigenvalue weighted by molar-refractivity contribution is 0.324. The van der Waals surface area contributed by atoms with Gasteiger partial charge in [-0.15, -0.1) is 12.4 Å². The SMILES string of the molecule is COc1c(OC)c(OC)c2ccccc2c1CNCCCCCCNCc1c(OC)c(OC)c(OC)c2ccccc12.Cl. The van der Waals surface area contributed by atoms with E-state index in [2.05, 4.69) is 34.9 Å². The van der Waals surface area contributed by atoms with Crippen molar-refractivity contribution in [2.45, 2.75) is 38.8 Å². The van der Waals surface area contributed by atoms with E-state index in [0.29, 0.717) is 47.6 Å². The highest BCUT2D eigenvalue weighted by Gasteiger charge is 2.22. The Morgan fingerprint density at radius 3 is 1.07 bits per heavy atom. The second-order valence-corrected chi connectivity index (χ2v) is 10.0.